The highest BCUT2D eigenvalue weighted by atomic mass is 35.5. The lowest BCUT2D eigenvalue weighted by Gasteiger charge is -2.11. The third-order valence-corrected chi connectivity index (χ3v) is 2.67. The minimum Gasteiger partial charge on any atom is -0.496 e. The summed E-state index contributed by atoms with van der Waals surface area (Å²) in [5.74, 6) is 0.825. The van der Waals surface area contributed by atoms with Crippen LogP contribution in [0.4, 0.5) is 0 Å². The summed E-state index contributed by atoms with van der Waals surface area (Å²) >= 11 is 5.90. The van der Waals surface area contributed by atoms with Gasteiger partial charge in [-0.25, -0.2) is 0 Å². The van der Waals surface area contributed by atoms with Gasteiger partial charge in [0.2, 0.25) is 5.28 Å². The Labute approximate surface area is 127 Å². The highest BCUT2D eigenvalue weighted by molar-refractivity contribution is 6.28. The third kappa shape index (κ3) is 3.58. The van der Waals surface area contributed by atoms with Gasteiger partial charge in [0.05, 0.1) is 30.4 Å². The van der Waals surface area contributed by atoms with E-state index >= 15 is 0 Å². The molecular weight excluding hydrogens is 292 g/mol. The molecule has 0 saturated carbocycles. The maximum atomic E-state index is 9.01. The summed E-state index contributed by atoms with van der Waals surface area (Å²) < 4.78 is 10.7. The predicted octanol–water partition coefficient (Wildman–Crippen LogP) is 2.86. The van der Waals surface area contributed by atoms with E-state index in [-0.39, 0.29) is 17.4 Å². The molecule has 0 aliphatic rings. The second kappa shape index (κ2) is 6.37. The molecule has 1 aromatic heterocycles. The van der Waals surface area contributed by atoms with E-state index in [4.69, 9.17) is 26.3 Å². The Balaban J connectivity index is 2.55. The Morgan fingerprint density at radius 2 is 2.00 bits per heavy atom. The van der Waals surface area contributed by atoms with Crippen molar-refractivity contribution in [3.05, 3.63) is 29.0 Å². The van der Waals surface area contributed by atoms with Gasteiger partial charge in [0.25, 0.3) is 0 Å². The Morgan fingerprint density at radius 1 is 1.24 bits per heavy atom. The maximum absolute atomic E-state index is 9.01. The highest BCUT2D eigenvalue weighted by Crippen LogP contribution is 2.29. The van der Waals surface area contributed by atoms with E-state index < -0.39 is 0 Å². The number of nitrogens with zero attached hydrogens (tertiary/aromatic N) is 4. The molecule has 0 saturated heterocycles. The first-order valence-corrected chi connectivity index (χ1v) is 6.58. The van der Waals surface area contributed by atoms with Crippen molar-refractivity contribution in [3.63, 3.8) is 0 Å². The third-order valence-electron chi connectivity index (χ3n) is 2.50. The first-order chi connectivity index (χ1) is 10.0. The standard InChI is InChI=1S/C14H13ClN4O2/c1-8(2)21-14-18-12(17-13(15)19-14)10-6-9(7-16)4-5-11(10)20-3/h4-6,8H,1-3H3. The molecule has 1 aromatic carbocycles. The molecule has 6 nitrogen and oxygen atoms in total. The Kier molecular flexibility index (Phi) is 4.55. The number of hydrogen-bond acceptors (Lipinski definition) is 6. The average Bonchev–Trinajstić information content (AvgIpc) is 2.45. The zero-order valence-corrected chi connectivity index (χ0v) is 12.5. The molecule has 0 spiro atoms. The smallest absolute Gasteiger partial charge is 0.321 e. The normalized spacial score (nSPS) is 10.3. The molecule has 0 N–H and O–H groups in total. The predicted molar refractivity (Wildman–Crippen MR) is 77.3 cm³/mol. The summed E-state index contributed by atoms with van der Waals surface area (Å²) in [5, 5.41) is 9.02. The molecule has 7 heteroatoms. The van der Waals surface area contributed by atoms with Crippen LogP contribution in [0, 0.1) is 11.3 Å². The SMILES string of the molecule is COc1ccc(C#N)cc1-c1nc(Cl)nc(OC(C)C)n1. The van der Waals surface area contributed by atoms with Crippen LogP contribution in [0.5, 0.6) is 11.8 Å². The van der Waals surface area contributed by atoms with Crippen LogP contribution in [0.1, 0.15) is 19.4 Å². The number of benzene rings is 1. The van der Waals surface area contributed by atoms with Crippen LogP contribution in [-0.4, -0.2) is 28.2 Å². The van der Waals surface area contributed by atoms with E-state index in [2.05, 4.69) is 21.0 Å². The van der Waals surface area contributed by atoms with E-state index in [1.165, 1.54) is 7.11 Å². The van der Waals surface area contributed by atoms with Crippen molar-refractivity contribution in [2.75, 3.05) is 7.11 Å². The molecule has 0 unspecified atom stereocenters. The van der Waals surface area contributed by atoms with E-state index in [1.807, 2.05) is 13.8 Å². The number of rotatable bonds is 4. The van der Waals surface area contributed by atoms with Crippen LogP contribution < -0.4 is 9.47 Å². The molecule has 0 fully saturated rings. The molecule has 0 radical (unpaired) electrons. The summed E-state index contributed by atoms with van der Waals surface area (Å²) in [6, 6.07) is 7.14. The Hall–Kier alpha value is -2.39. The summed E-state index contributed by atoms with van der Waals surface area (Å²) in [6.45, 7) is 3.71. The molecule has 21 heavy (non-hydrogen) atoms. The van der Waals surface area contributed by atoms with Crippen molar-refractivity contribution in [2.24, 2.45) is 0 Å². The van der Waals surface area contributed by atoms with Crippen LogP contribution in [0.15, 0.2) is 18.2 Å². The van der Waals surface area contributed by atoms with Crippen LogP contribution in [0.2, 0.25) is 5.28 Å². The van der Waals surface area contributed by atoms with Gasteiger partial charge in [0.1, 0.15) is 5.75 Å². The molecule has 0 bridgehead atoms. The van der Waals surface area contributed by atoms with Crippen LogP contribution in [0.25, 0.3) is 11.4 Å². The largest absolute Gasteiger partial charge is 0.496 e. The fourth-order valence-electron chi connectivity index (χ4n) is 1.67. The van der Waals surface area contributed by atoms with Gasteiger partial charge in [-0.3, -0.25) is 0 Å². The number of nitriles is 1. The summed E-state index contributed by atoms with van der Waals surface area (Å²) in [7, 11) is 1.53. The summed E-state index contributed by atoms with van der Waals surface area (Å²) in [6.07, 6.45) is -0.0938. The number of hydrogen-bond donors (Lipinski definition) is 0. The van der Waals surface area contributed by atoms with Crippen molar-refractivity contribution >= 4 is 11.6 Å². The Bertz CT molecular complexity index is 698. The van der Waals surface area contributed by atoms with Crippen molar-refractivity contribution in [1.82, 2.24) is 15.0 Å². The van der Waals surface area contributed by atoms with Gasteiger partial charge in [-0.05, 0) is 43.6 Å². The summed E-state index contributed by atoms with van der Waals surface area (Å²) in [4.78, 5) is 12.2. The minimum absolute atomic E-state index is 0.0139. The lowest BCUT2D eigenvalue weighted by atomic mass is 10.1. The fourth-order valence-corrected chi connectivity index (χ4v) is 1.82. The van der Waals surface area contributed by atoms with Gasteiger partial charge in [-0.1, -0.05) is 0 Å². The molecule has 2 aromatic rings. The van der Waals surface area contributed by atoms with Gasteiger partial charge < -0.3 is 9.47 Å². The van der Waals surface area contributed by atoms with E-state index in [0.29, 0.717) is 22.7 Å². The van der Waals surface area contributed by atoms with Gasteiger partial charge >= 0.3 is 6.01 Å². The zero-order chi connectivity index (χ0) is 15.4. The number of halogens is 1. The van der Waals surface area contributed by atoms with Gasteiger partial charge in [-0.2, -0.15) is 20.2 Å². The van der Waals surface area contributed by atoms with Crippen LogP contribution in [0.3, 0.4) is 0 Å². The van der Waals surface area contributed by atoms with Gasteiger partial charge in [0.15, 0.2) is 5.82 Å². The minimum atomic E-state index is -0.0938. The lowest BCUT2D eigenvalue weighted by molar-refractivity contribution is 0.222. The number of methoxy groups -OCH3 is 1. The second-order valence-corrected chi connectivity index (χ2v) is 4.74. The Morgan fingerprint density at radius 3 is 2.62 bits per heavy atom. The zero-order valence-electron chi connectivity index (χ0n) is 11.8. The van der Waals surface area contributed by atoms with Crippen molar-refractivity contribution in [2.45, 2.75) is 20.0 Å². The maximum Gasteiger partial charge on any atom is 0.321 e. The molecular formula is C14H13ClN4O2. The van der Waals surface area contributed by atoms with Gasteiger partial charge in [0, 0.05) is 0 Å². The highest BCUT2D eigenvalue weighted by Gasteiger charge is 2.14. The molecule has 1 heterocycles. The molecule has 0 amide bonds. The topological polar surface area (TPSA) is 80.9 Å². The van der Waals surface area contributed by atoms with Crippen molar-refractivity contribution in [1.29, 1.82) is 5.26 Å². The average molecular weight is 305 g/mol. The molecule has 0 atom stereocenters. The van der Waals surface area contributed by atoms with Crippen molar-refractivity contribution < 1.29 is 9.47 Å². The number of ether oxygens (including phenoxy) is 2. The molecule has 108 valence electrons. The van der Waals surface area contributed by atoms with Crippen LogP contribution in [-0.2, 0) is 0 Å². The second-order valence-electron chi connectivity index (χ2n) is 4.40. The molecule has 2 rings (SSSR count). The molecule has 0 aliphatic carbocycles. The fraction of sp³-hybridized carbons (Fsp3) is 0.286. The number of aromatic nitrogens is 3. The van der Waals surface area contributed by atoms with E-state index in [0.717, 1.165) is 0 Å². The first-order valence-electron chi connectivity index (χ1n) is 6.20. The molecule has 0 aliphatic heterocycles. The van der Waals surface area contributed by atoms with Crippen LogP contribution >= 0.6 is 11.6 Å². The summed E-state index contributed by atoms with van der Waals surface area (Å²) in [5.41, 5.74) is 1.02. The van der Waals surface area contributed by atoms with Gasteiger partial charge in [-0.15, -0.1) is 0 Å². The quantitative estimate of drug-likeness (QED) is 0.864. The van der Waals surface area contributed by atoms with Crippen molar-refractivity contribution in [3.8, 4) is 29.2 Å². The monoisotopic (exact) mass is 304 g/mol. The lowest BCUT2D eigenvalue weighted by Crippen LogP contribution is -2.09. The first kappa shape index (κ1) is 15.0. The van der Waals surface area contributed by atoms with E-state index in [9.17, 15) is 0 Å². The van der Waals surface area contributed by atoms with E-state index in [1.54, 1.807) is 18.2 Å².